The second kappa shape index (κ2) is 12.3. The molecule has 0 spiro atoms. The van der Waals surface area contributed by atoms with Crippen molar-refractivity contribution in [1.82, 2.24) is 24.8 Å². The van der Waals surface area contributed by atoms with Gasteiger partial charge < -0.3 is 15.0 Å². The highest BCUT2D eigenvalue weighted by molar-refractivity contribution is 7.13. The van der Waals surface area contributed by atoms with Gasteiger partial charge in [0, 0.05) is 48.2 Å². The van der Waals surface area contributed by atoms with Crippen molar-refractivity contribution in [2.75, 3.05) is 32.8 Å². The summed E-state index contributed by atoms with van der Waals surface area (Å²) >= 11 is 7.34. The minimum Gasteiger partial charge on any atom is -0.476 e. The van der Waals surface area contributed by atoms with Crippen LogP contribution in [0, 0.1) is 5.82 Å². The van der Waals surface area contributed by atoms with Crippen molar-refractivity contribution in [1.29, 1.82) is 0 Å². The molecule has 5 rings (SSSR count). The number of carbonyl (C=O) groups excluding carboxylic acids is 1. The van der Waals surface area contributed by atoms with Crippen LogP contribution in [0.2, 0.25) is 5.02 Å². The summed E-state index contributed by atoms with van der Waals surface area (Å²) in [6.07, 6.45) is 2.79. The van der Waals surface area contributed by atoms with E-state index >= 15 is 0 Å². The van der Waals surface area contributed by atoms with Gasteiger partial charge in [-0.3, -0.25) is 14.2 Å². The number of benzene rings is 1. The van der Waals surface area contributed by atoms with E-state index in [2.05, 4.69) is 10.3 Å². The highest BCUT2D eigenvalue weighted by Crippen LogP contribution is 2.32. The number of allylic oxidation sites excluding steroid dienone is 1. The molecule has 1 fully saturated rings. The van der Waals surface area contributed by atoms with Crippen LogP contribution in [0.1, 0.15) is 36.8 Å². The number of piperazine rings is 1. The fraction of sp³-hybridized carbons (Fsp3) is 0.267. The first kappa shape index (κ1) is 28.7. The van der Waals surface area contributed by atoms with E-state index in [-0.39, 0.29) is 29.6 Å². The molecule has 4 aromatic rings. The lowest BCUT2D eigenvalue weighted by Gasteiger charge is -2.29. The summed E-state index contributed by atoms with van der Waals surface area (Å²) in [7, 11) is 0. The summed E-state index contributed by atoms with van der Waals surface area (Å²) in [6.45, 7) is 8.13. The molecule has 4 heterocycles. The molecule has 0 unspecified atom stereocenters. The molecule has 1 amide bonds. The zero-order chi connectivity index (χ0) is 29.1. The summed E-state index contributed by atoms with van der Waals surface area (Å²) < 4.78 is 21.7. The first-order valence-corrected chi connectivity index (χ1v) is 14.5. The van der Waals surface area contributed by atoms with Crippen LogP contribution in [0.25, 0.3) is 33.6 Å². The normalized spacial score (nSPS) is 13.2. The molecule has 1 N–H and O–H groups in total. The van der Waals surface area contributed by atoms with E-state index in [4.69, 9.17) is 21.3 Å². The number of carbonyl (C=O) groups is 1. The van der Waals surface area contributed by atoms with E-state index in [0.717, 1.165) is 17.3 Å². The minimum atomic E-state index is -0.641. The maximum absolute atomic E-state index is 14.6. The first-order valence-electron chi connectivity index (χ1n) is 13.2. The molecular formula is C30H29ClFN5O3S. The maximum Gasteiger partial charge on any atom is 0.266 e. The predicted octanol–water partition coefficient (Wildman–Crippen LogP) is 5.68. The molecule has 212 valence electrons. The van der Waals surface area contributed by atoms with Gasteiger partial charge in [0.05, 0.1) is 35.3 Å². The SMILES string of the molecule is CCOc1ncc(F)cc1-n1c(C=C(C)C)c(C(=O)N2CCNCC2)cc(-c2nc(-c3ccc(Cl)cc3)cs2)c1=O. The van der Waals surface area contributed by atoms with E-state index in [9.17, 15) is 14.0 Å². The van der Waals surface area contributed by atoms with Crippen LogP contribution in [0.15, 0.2) is 58.3 Å². The highest BCUT2D eigenvalue weighted by atomic mass is 35.5. The van der Waals surface area contributed by atoms with Gasteiger partial charge in [-0.15, -0.1) is 11.3 Å². The number of hydrogen-bond donors (Lipinski definition) is 1. The largest absolute Gasteiger partial charge is 0.476 e. The van der Waals surface area contributed by atoms with Gasteiger partial charge in [-0.05, 0) is 45.0 Å². The van der Waals surface area contributed by atoms with Crippen LogP contribution in [0.3, 0.4) is 0 Å². The number of pyridine rings is 2. The van der Waals surface area contributed by atoms with Crippen LogP contribution >= 0.6 is 22.9 Å². The van der Waals surface area contributed by atoms with Crippen LogP contribution < -0.4 is 15.6 Å². The minimum absolute atomic E-state index is 0.0816. The number of ether oxygens (including phenoxy) is 1. The molecular weight excluding hydrogens is 565 g/mol. The van der Waals surface area contributed by atoms with Gasteiger partial charge in [0.1, 0.15) is 16.5 Å². The Balaban J connectivity index is 1.80. The van der Waals surface area contributed by atoms with Gasteiger partial charge in [0.25, 0.3) is 11.5 Å². The molecule has 1 aromatic carbocycles. The standard InChI is InChI=1S/C30H29ClFN5O3S/c1-4-40-27-26(14-21(32)16-34-27)37-25(13-18(2)3)22(29(38)36-11-9-33-10-12-36)15-23(30(37)39)28-35-24(17-41-28)19-5-7-20(31)8-6-19/h5-8,13-17,33H,4,9-12H2,1-3H3. The molecule has 0 atom stereocenters. The van der Waals surface area contributed by atoms with Crippen LogP contribution in [-0.2, 0) is 0 Å². The van der Waals surface area contributed by atoms with E-state index in [0.29, 0.717) is 53.2 Å². The summed E-state index contributed by atoms with van der Waals surface area (Å²) in [4.78, 5) is 39.0. The first-order chi connectivity index (χ1) is 19.8. The van der Waals surface area contributed by atoms with Gasteiger partial charge in [0.2, 0.25) is 5.88 Å². The number of nitrogens with zero attached hydrogens (tertiary/aromatic N) is 4. The Morgan fingerprint density at radius 3 is 2.61 bits per heavy atom. The van der Waals surface area contributed by atoms with Gasteiger partial charge in [0.15, 0.2) is 0 Å². The predicted molar refractivity (Wildman–Crippen MR) is 161 cm³/mol. The Kier molecular flexibility index (Phi) is 8.63. The van der Waals surface area contributed by atoms with Crippen molar-refractivity contribution < 1.29 is 13.9 Å². The van der Waals surface area contributed by atoms with Gasteiger partial charge >= 0.3 is 0 Å². The molecule has 1 aliphatic heterocycles. The van der Waals surface area contributed by atoms with Crippen LogP contribution in [-0.4, -0.2) is 58.1 Å². The third kappa shape index (κ3) is 6.09. The number of rotatable bonds is 7. The molecule has 0 aliphatic carbocycles. The molecule has 8 nitrogen and oxygen atoms in total. The fourth-order valence-corrected chi connectivity index (χ4v) is 5.59. The average Bonchev–Trinajstić information content (AvgIpc) is 3.45. The number of thiazole rings is 1. The van der Waals surface area contributed by atoms with Crippen molar-refractivity contribution in [3.05, 3.63) is 86.0 Å². The second-order valence-corrected chi connectivity index (χ2v) is 11.0. The highest BCUT2D eigenvalue weighted by Gasteiger charge is 2.27. The molecule has 41 heavy (non-hydrogen) atoms. The maximum atomic E-state index is 14.6. The molecule has 1 aliphatic rings. The lowest BCUT2D eigenvalue weighted by Crippen LogP contribution is -2.47. The molecule has 0 radical (unpaired) electrons. The fourth-order valence-electron chi connectivity index (χ4n) is 4.62. The van der Waals surface area contributed by atoms with Gasteiger partial charge in [-0.2, -0.15) is 0 Å². The quantitative estimate of drug-likeness (QED) is 0.296. The summed E-state index contributed by atoms with van der Waals surface area (Å²) in [5.41, 5.74) is 2.83. The molecule has 3 aromatic heterocycles. The molecule has 11 heteroatoms. The zero-order valence-corrected chi connectivity index (χ0v) is 24.5. The Morgan fingerprint density at radius 1 is 1.20 bits per heavy atom. The number of nitrogens with one attached hydrogen (secondary N) is 1. The lowest BCUT2D eigenvalue weighted by atomic mass is 10.0. The van der Waals surface area contributed by atoms with E-state index < -0.39 is 11.4 Å². The van der Waals surface area contributed by atoms with Gasteiger partial charge in [-0.25, -0.2) is 14.4 Å². The Bertz CT molecular complexity index is 1670. The van der Waals surface area contributed by atoms with E-state index in [1.54, 1.807) is 36.1 Å². The van der Waals surface area contributed by atoms with Crippen molar-refractivity contribution in [3.63, 3.8) is 0 Å². The summed E-state index contributed by atoms with van der Waals surface area (Å²) in [5.74, 6) is -0.790. The summed E-state index contributed by atoms with van der Waals surface area (Å²) in [5, 5.41) is 6.13. The number of hydrogen-bond acceptors (Lipinski definition) is 7. The van der Waals surface area contributed by atoms with E-state index in [1.807, 2.05) is 31.4 Å². The Labute approximate surface area is 246 Å². The van der Waals surface area contributed by atoms with Gasteiger partial charge in [-0.1, -0.05) is 29.3 Å². The van der Waals surface area contributed by atoms with Crippen LogP contribution in [0.4, 0.5) is 4.39 Å². The van der Waals surface area contributed by atoms with E-state index in [1.165, 1.54) is 22.0 Å². The third-order valence-corrected chi connectivity index (χ3v) is 7.62. The van der Waals surface area contributed by atoms with Crippen molar-refractivity contribution in [2.45, 2.75) is 20.8 Å². The zero-order valence-electron chi connectivity index (χ0n) is 22.9. The van der Waals surface area contributed by atoms with Crippen molar-refractivity contribution in [3.8, 4) is 33.4 Å². The topological polar surface area (TPSA) is 89.3 Å². The molecule has 0 saturated carbocycles. The van der Waals surface area contributed by atoms with Crippen molar-refractivity contribution >= 4 is 34.9 Å². The monoisotopic (exact) mass is 593 g/mol. The lowest BCUT2D eigenvalue weighted by molar-refractivity contribution is 0.0735. The smallest absolute Gasteiger partial charge is 0.266 e. The third-order valence-electron chi connectivity index (χ3n) is 6.49. The molecule has 1 saturated heterocycles. The Hall–Kier alpha value is -3.86. The molecule has 0 bridgehead atoms. The number of halogens is 2. The Morgan fingerprint density at radius 2 is 1.93 bits per heavy atom. The number of aromatic nitrogens is 3. The second-order valence-electron chi connectivity index (χ2n) is 9.72. The van der Waals surface area contributed by atoms with Crippen molar-refractivity contribution in [2.24, 2.45) is 0 Å². The average molecular weight is 594 g/mol. The number of amides is 1. The summed E-state index contributed by atoms with van der Waals surface area (Å²) in [6, 6.07) is 10.1. The van der Waals surface area contributed by atoms with Crippen LogP contribution in [0.5, 0.6) is 5.88 Å².